The van der Waals surface area contributed by atoms with Gasteiger partial charge in [-0.2, -0.15) is 0 Å². The summed E-state index contributed by atoms with van der Waals surface area (Å²) in [7, 11) is 0. The van der Waals surface area contributed by atoms with Gasteiger partial charge in [-0.15, -0.1) is 12.6 Å². The fourth-order valence-electron chi connectivity index (χ4n) is 1.88. The summed E-state index contributed by atoms with van der Waals surface area (Å²) in [6.45, 7) is 13.1. The van der Waals surface area contributed by atoms with E-state index in [-0.39, 0.29) is 10.8 Å². The van der Waals surface area contributed by atoms with Crippen molar-refractivity contribution in [3.8, 4) is 0 Å². The highest BCUT2D eigenvalue weighted by Crippen LogP contribution is 2.37. The average molecular weight is 237 g/mol. The molecule has 16 heavy (non-hydrogen) atoms. The molecule has 1 rings (SSSR count). The predicted octanol–water partition coefficient (Wildman–Crippen LogP) is 4.15. The minimum Gasteiger partial charge on any atom is -0.398 e. The van der Waals surface area contributed by atoms with Crippen molar-refractivity contribution in [3.05, 3.63) is 23.3 Å². The van der Waals surface area contributed by atoms with Crippen LogP contribution >= 0.6 is 12.6 Å². The second-order valence-corrected chi connectivity index (χ2v) is 6.97. The number of nitrogen functional groups attached to an aromatic ring is 1. The monoisotopic (exact) mass is 237 g/mol. The van der Waals surface area contributed by atoms with Crippen LogP contribution in [-0.4, -0.2) is 0 Å². The van der Waals surface area contributed by atoms with Crippen molar-refractivity contribution in [2.45, 2.75) is 57.3 Å². The first-order valence-corrected chi connectivity index (χ1v) is 6.11. The van der Waals surface area contributed by atoms with E-state index in [2.05, 4.69) is 66.3 Å². The first-order chi connectivity index (χ1) is 7.03. The molecule has 2 heteroatoms. The summed E-state index contributed by atoms with van der Waals surface area (Å²) in [6.07, 6.45) is 0. The van der Waals surface area contributed by atoms with Crippen molar-refractivity contribution in [2.24, 2.45) is 0 Å². The van der Waals surface area contributed by atoms with Crippen molar-refractivity contribution in [2.75, 3.05) is 5.73 Å². The fraction of sp³-hybridized carbons (Fsp3) is 0.571. The molecule has 1 aromatic carbocycles. The first kappa shape index (κ1) is 13.4. The summed E-state index contributed by atoms with van der Waals surface area (Å²) in [4.78, 5) is 0.990. The van der Waals surface area contributed by atoms with Crippen LogP contribution in [0.15, 0.2) is 17.0 Å². The Balaban J connectivity index is 3.51. The molecule has 0 fully saturated rings. The quantitative estimate of drug-likeness (QED) is 0.514. The van der Waals surface area contributed by atoms with Gasteiger partial charge in [0.05, 0.1) is 0 Å². The summed E-state index contributed by atoms with van der Waals surface area (Å²) in [5.74, 6) is 0. The van der Waals surface area contributed by atoms with Crippen LogP contribution in [0, 0.1) is 0 Å². The van der Waals surface area contributed by atoms with Crippen LogP contribution in [-0.2, 0) is 10.8 Å². The molecule has 0 saturated heterocycles. The average Bonchev–Trinajstić information content (AvgIpc) is 2.04. The van der Waals surface area contributed by atoms with E-state index in [1.807, 2.05) is 0 Å². The third-order valence-electron chi connectivity index (χ3n) is 2.78. The Kier molecular flexibility index (Phi) is 3.35. The first-order valence-electron chi connectivity index (χ1n) is 5.67. The Morgan fingerprint density at radius 1 is 0.875 bits per heavy atom. The van der Waals surface area contributed by atoms with E-state index in [1.165, 1.54) is 11.1 Å². The predicted molar refractivity (Wildman–Crippen MR) is 75.5 cm³/mol. The molecule has 1 nitrogen and oxygen atoms in total. The maximum Gasteiger partial charge on any atom is 0.0390 e. The van der Waals surface area contributed by atoms with Crippen LogP contribution in [0.1, 0.15) is 52.7 Å². The summed E-state index contributed by atoms with van der Waals surface area (Å²) in [6, 6.07) is 4.15. The van der Waals surface area contributed by atoms with Crippen molar-refractivity contribution < 1.29 is 0 Å². The van der Waals surface area contributed by atoms with Gasteiger partial charge in [-0.1, -0.05) is 41.5 Å². The van der Waals surface area contributed by atoms with Crippen LogP contribution in [0.3, 0.4) is 0 Å². The fourth-order valence-corrected chi connectivity index (χ4v) is 2.14. The van der Waals surface area contributed by atoms with E-state index in [1.54, 1.807) is 0 Å². The zero-order valence-electron chi connectivity index (χ0n) is 11.2. The van der Waals surface area contributed by atoms with Gasteiger partial charge in [-0.3, -0.25) is 0 Å². The number of hydrogen-bond donors (Lipinski definition) is 2. The smallest absolute Gasteiger partial charge is 0.0390 e. The molecule has 90 valence electrons. The van der Waals surface area contributed by atoms with Gasteiger partial charge >= 0.3 is 0 Å². The van der Waals surface area contributed by atoms with Gasteiger partial charge in [0.1, 0.15) is 0 Å². The number of anilines is 1. The molecule has 0 aliphatic carbocycles. The Hall–Kier alpha value is -0.630. The molecule has 2 N–H and O–H groups in total. The van der Waals surface area contributed by atoms with Gasteiger partial charge in [0, 0.05) is 10.6 Å². The molecule has 0 bridgehead atoms. The van der Waals surface area contributed by atoms with Gasteiger partial charge in [0.15, 0.2) is 0 Å². The second kappa shape index (κ2) is 3.99. The van der Waals surface area contributed by atoms with Crippen molar-refractivity contribution in [1.82, 2.24) is 0 Å². The molecule has 0 unspecified atom stereocenters. The maximum atomic E-state index is 6.29. The minimum atomic E-state index is 0.0584. The van der Waals surface area contributed by atoms with Crippen molar-refractivity contribution in [1.29, 1.82) is 0 Å². The molecule has 0 aliphatic heterocycles. The SMILES string of the molecule is CC(C)(C)c1cc(S)cc(C(C)(C)C)c1N. The number of hydrogen-bond acceptors (Lipinski definition) is 2. The van der Waals surface area contributed by atoms with E-state index in [4.69, 9.17) is 5.73 Å². The Morgan fingerprint density at radius 3 is 1.44 bits per heavy atom. The molecule has 0 heterocycles. The normalized spacial score (nSPS) is 12.9. The molecular formula is C14H23NS. The van der Waals surface area contributed by atoms with Crippen molar-refractivity contribution >= 4 is 18.3 Å². The largest absolute Gasteiger partial charge is 0.398 e. The van der Waals surface area contributed by atoms with Crippen LogP contribution in [0.2, 0.25) is 0 Å². The lowest BCUT2D eigenvalue weighted by Crippen LogP contribution is -2.20. The molecule has 0 saturated carbocycles. The molecular weight excluding hydrogens is 214 g/mol. The van der Waals surface area contributed by atoms with E-state index in [0.29, 0.717) is 0 Å². The number of rotatable bonds is 0. The highest BCUT2D eigenvalue weighted by Gasteiger charge is 2.24. The zero-order valence-corrected chi connectivity index (χ0v) is 12.1. The molecule has 0 radical (unpaired) electrons. The number of thiol groups is 1. The van der Waals surface area contributed by atoms with Crippen LogP contribution in [0.5, 0.6) is 0 Å². The Bertz CT molecular complexity index is 359. The zero-order chi connectivity index (χ0) is 12.7. The molecule has 0 amide bonds. The standard InChI is InChI=1S/C14H23NS/c1-13(2,3)10-7-9(16)8-11(12(10)15)14(4,5)6/h7-8,16H,15H2,1-6H3. The molecule has 0 spiro atoms. The summed E-state index contributed by atoms with van der Waals surface area (Å²) in [5, 5.41) is 0. The van der Waals surface area contributed by atoms with Crippen LogP contribution in [0.25, 0.3) is 0 Å². The molecule has 0 atom stereocenters. The topological polar surface area (TPSA) is 26.0 Å². The summed E-state index contributed by atoms with van der Waals surface area (Å²) in [5.41, 5.74) is 9.69. The van der Waals surface area contributed by atoms with Gasteiger partial charge < -0.3 is 5.73 Å². The van der Waals surface area contributed by atoms with E-state index in [0.717, 1.165) is 10.6 Å². The van der Waals surface area contributed by atoms with Gasteiger partial charge in [-0.05, 0) is 34.1 Å². The highest BCUT2D eigenvalue weighted by molar-refractivity contribution is 7.80. The molecule has 0 aromatic heterocycles. The Morgan fingerprint density at radius 2 is 1.19 bits per heavy atom. The third kappa shape index (κ3) is 2.73. The maximum absolute atomic E-state index is 6.29. The Labute approximate surface area is 105 Å². The van der Waals surface area contributed by atoms with Crippen molar-refractivity contribution in [3.63, 3.8) is 0 Å². The van der Waals surface area contributed by atoms with Gasteiger partial charge in [-0.25, -0.2) is 0 Å². The molecule has 0 aliphatic rings. The minimum absolute atomic E-state index is 0.0584. The third-order valence-corrected chi connectivity index (χ3v) is 3.04. The van der Waals surface area contributed by atoms with Crippen LogP contribution < -0.4 is 5.73 Å². The summed E-state index contributed by atoms with van der Waals surface area (Å²) < 4.78 is 0. The van der Waals surface area contributed by atoms with Gasteiger partial charge in [0.2, 0.25) is 0 Å². The van der Waals surface area contributed by atoms with Gasteiger partial charge in [0.25, 0.3) is 0 Å². The van der Waals surface area contributed by atoms with Crippen LogP contribution in [0.4, 0.5) is 5.69 Å². The van der Waals surface area contributed by atoms with E-state index >= 15 is 0 Å². The lowest BCUT2D eigenvalue weighted by atomic mass is 9.79. The lowest BCUT2D eigenvalue weighted by Gasteiger charge is -2.28. The molecule has 1 aromatic rings. The lowest BCUT2D eigenvalue weighted by molar-refractivity contribution is 0.570. The highest BCUT2D eigenvalue weighted by atomic mass is 32.1. The van der Waals surface area contributed by atoms with E-state index in [9.17, 15) is 0 Å². The van der Waals surface area contributed by atoms with E-state index < -0.39 is 0 Å². The number of benzene rings is 1. The second-order valence-electron chi connectivity index (χ2n) is 6.45. The number of nitrogens with two attached hydrogens (primary N) is 1. The summed E-state index contributed by atoms with van der Waals surface area (Å²) >= 11 is 4.48.